The summed E-state index contributed by atoms with van der Waals surface area (Å²) >= 11 is 0. The second-order valence-corrected chi connectivity index (χ2v) is 12.4. The molecule has 1 unspecified atom stereocenters. The number of aromatic nitrogens is 2. The summed E-state index contributed by atoms with van der Waals surface area (Å²) in [4.78, 5) is 35.5. The predicted molar refractivity (Wildman–Crippen MR) is 181 cm³/mol. The standard InChI is InChI=1S/C36H39FN4O3.C2H6/c1-5-6-23-7-11-25(12-8-23)27-15-16-30(31(37)18-27)28-19-39-33(40-20-28)26-13-9-24(10-14-26)17-32(38)34(42)41-21-29(22-41)35(43)44-36(2,3)4;1-2/h7-16,18-20,29,32H,5-6,17,21-22,38H2,1-4H3;1-2H3. The third-order valence-electron chi connectivity index (χ3n) is 7.68. The molecule has 1 fully saturated rings. The van der Waals surface area contributed by atoms with Gasteiger partial charge in [0.1, 0.15) is 11.4 Å². The van der Waals surface area contributed by atoms with E-state index in [2.05, 4.69) is 29.0 Å². The van der Waals surface area contributed by atoms with Crippen LogP contribution in [0.25, 0.3) is 33.6 Å². The molecular weight excluding hydrogens is 579 g/mol. The molecule has 8 heteroatoms. The lowest BCUT2D eigenvalue weighted by atomic mass is 9.97. The van der Waals surface area contributed by atoms with E-state index in [4.69, 9.17) is 10.5 Å². The predicted octanol–water partition coefficient (Wildman–Crippen LogP) is 7.27. The molecule has 0 aliphatic carbocycles. The molecule has 0 radical (unpaired) electrons. The Bertz CT molecular complexity index is 1610. The van der Waals surface area contributed by atoms with Crippen LogP contribution in [0.5, 0.6) is 0 Å². The van der Waals surface area contributed by atoms with Crippen molar-refractivity contribution >= 4 is 11.9 Å². The van der Waals surface area contributed by atoms with Crippen LogP contribution in [0.1, 0.15) is 59.1 Å². The average molecular weight is 625 g/mol. The van der Waals surface area contributed by atoms with Crippen molar-refractivity contribution in [2.45, 2.75) is 72.4 Å². The van der Waals surface area contributed by atoms with Crippen LogP contribution in [0.3, 0.4) is 0 Å². The zero-order valence-corrected chi connectivity index (χ0v) is 27.7. The van der Waals surface area contributed by atoms with Gasteiger partial charge in [0.05, 0.1) is 12.0 Å². The zero-order valence-electron chi connectivity index (χ0n) is 27.7. The molecule has 1 aliphatic rings. The number of carbonyl (C=O) groups excluding carboxylic acids is 2. The molecular formula is C38H45FN4O3. The number of amides is 1. The van der Waals surface area contributed by atoms with Gasteiger partial charge in [0.15, 0.2) is 5.82 Å². The number of halogens is 1. The van der Waals surface area contributed by atoms with E-state index in [1.165, 1.54) is 5.56 Å². The number of hydrogen-bond donors (Lipinski definition) is 1. The first-order chi connectivity index (χ1) is 22.0. The van der Waals surface area contributed by atoms with Gasteiger partial charge in [-0.2, -0.15) is 0 Å². The Kier molecular flexibility index (Phi) is 11.4. The lowest BCUT2D eigenvalue weighted by Gasteiger charge is -2.40. The lowest BCUT2D eigenvalue weighted by Crippen LogP contribution is -2.58. The second kappa shape index (κ2) is 15.2. The molecule has 1 aromatic heterocycles. The van der Waals surface area contributed by atoms with Crippen molar-refractivity contribution < 1.29 is 18.7 Å². The van der Waals surface area contributed by atoms with E-state index in [1.807, 2.05) is 77.1 Å². The molecule has 1 atom stereocenters. The van der Waals surface area contributed by atoms with Crippen LogP contribution in [-0.4, -0.2) is 51.5 Å². The van der Waals surface area contributed by atoms with Gasteiger partial charge < -0.3 is 15.4 Å². The van der Waals surface area contributed by atoms with Crippen molar-refractivity contribution in [2.75, 3.05) is 13.1 Å². The Labute approximate surface area is 272 Å². The number of likely N-dealkylation sites (tertiary alicyclic amines) is 1. The topological polar surface area (TPSA) is 98.4 Å². The Hall–Kier alpha value is -4.43. The SMILES string of the molecule is CC.CCCc1ccc(-c2ccc(-c3cnc(-c4ccc(CC(N)C(=O)N5CC(C(=O)OC(C)(C)C)C5)cc4)nc3)c(F)c2)cc1. The van der Waals surface area contributed by atoms with Crippen LogP contribution in [0.4, 0.5) is 4.39 Å². The number of ether oxygens (including phenoxy) is 1. The molecule has 0 bridgehead atoms. The maximum Gasteiger partial charge on any atom is 0.313 e. The molecule has 1 aliphatic heterocycles. The molecule has 0 saturated carbocycles. The summed E-state index contributed by atoms with van der Waals surface area (Å²) in [5, 5.41) is 0. The van der Waals surface area contributed by atoms with Gasteiger partial charge in [0.25, 0.3) is 0 Å². The number of esters is 1. The zero-order chi connectivity index (χ0) is 33.4. The first-order valence-corrected chi connectivity index (χ1v) is 16.1. The quantitative estimate of drug-likeness (QED) is 0.197. The van der Waals surface area contributed by atoms with Gasteiger partial charge >= 0.3 is 5.97 Å². The van der Waals surface area contributed by atoms with Crippen molar-refractivity contribution in [3.8, 4) is 33.6 Å². The molecule has 2 N–H and O–H groups in total. The summed E-state index contributed by atoms with van der Waals surface area (Å²) in [6, 6.07) is 20.3. The van der Waals surface area contributed by atoms with Crippen molar-refractivity contribution in [1.82, 2.24) is 14.9 Å². The average Bonchev–Trinajstić information content (AvgIpc) is 3.01. The van der Waals surface area contributed by atoms with E-state index in [0.717, 1.165) is 35.1 Å². The van der Waals surface area contributed by atoms with Crippen LogP contribution >= 0.6 is 0 Å². The van der Waals surface area contributed by atoms with Crippen molar-refractivity contribution in [3.63, 3.8) is 0 Å². The number of hydrogen-bond acceptors (Lipinski definition) is 6. The minimum atomic E-state index is -0.710. The summed E-state index contributed by atoms with van der Waals surface area (Å²) in [7, 11) is 0. The molecule has 46 heavy (non-hydrogen) atoms. The molecule has 242 valence electrons. The van der Waals surface area contributed by atoms with Gasteiger partial charge in [-0.3, -0.25) is 9.59 Å². The van der Waals surface area contributed by atoms with Crippen LogP contribution in [0.2, 0.25) is 0 Å². The Balaban J connectivity index is 0.00000235. The Morgan fingerprint density at radius 1 is 0.891 bits per heavy atom. The number of nitrogens with zero attached hydrogens (tertiary/aromatic N) is 3. The van der Waals surface area contributed by atoms with Gasteiger partial charge in [-0.25, -0.2) is 14.4 Å². The smallest absolute Gasteiger partial charge is 0.313 e. The summed E-state index contributed by atoms with van der Waals surface area (Å²) < 4.78 is 20.5. The normalized spacial score (nSPS) is 13.7. The summed E-state index contributed by atoms with van der Waals surface area (Å²) in [5.41, 5.74) is 11.5. The fourth-order valence-corrected chi connectivity index (χ4v) is 5.26. The fraction of sp³-hybridized carbons (Fsp3) is 0.368. The number of rotatable bonds is 9. The minimum absolute atomic E-state index is 0.182. The highest BCUT2D eigenvalue weighted by molar-refractivity contribution is 5.85. The van der Waals surface area contributed by atoms with Crippen LogP contribution in [0, 0.1) is 11.7 Å². The van der Waals surface area contributed by atoms with Gasteiger partial charge in [0, 0.05) is 42.2 Å². The number of carbonyl (C=O) groups is 2. The largest absolute Gasteiger partial charge is 0.460 e. The molecule has 0 spiro atoms. The maximum atomic E-state index is 15.1. The van der Waals surface area contributed by atoms with Crippen LogP contribution < -0.4 is 5.73 Å². The van der Waals surface area contributed by atoms with Crippen molar-refractivity contribution in [2.24, 2.45) is 11.7 Å². The molecule has 4 aromatic rings. The third kappa shape index (κ3) is 8.63. The molecule has 5 rings (SSSR count). The molecule has 2 heterocycles. The van der Waals surface area contributed by atoms with E-state index in [-0.39, 0.29) is 23.6 Å². The minimum Gasteiger partial charge on any atom is -0.460 e. The summed E-state index contributed by atoms with van der Waals surface area (Å²) in [6.45, 7) is 12.3. The van der Waals surface area contributed by atoms with E-state index in [9.17, 15) is 9.59 Å². The molecule has 3 aromatic carbocycles. The van der Waals surface area contributed by atoms with Gasteiger partial charge in [0.2, 0.25) is 5.91 Å². The van der Waals surface area contributed by atoms with Crippen LogP contribution in [0.15, 0.2) is 79.1 Å². The molecule has 7 nitrogen and oxygen atoms in total. The lowest BCUT2D eigenvalue weighted by molar-refractivity contribution is -0.168. The fourth-order valence-electron chi connectivity index (χ4n) is 5.26. The van der Waals surface area contributed by atoms with E-state index >= 15 is 4.39 Å². The Morgan fingerprint density at radius 2 is 1.46 bits per heavy atom. The first-order valence-electron chi connectivity index (χ1n) is 16.1. The van der Waals surface area contributed by atoms with Gasteiger partial charge in [-0.05, 0) is 61.9 Å². The van der Waals surface area contributed by atoms with Crippen molar-refractivity contribution in [1.29, 1.82) is 0 Å². The second-order valence-electron chi connectivity index (χ2n) is 12.4. The van der Waals surface area contributed by atoms with Gasteiger partial charge in [-0.1, -0.05) is 87.9 Å². The maximum absolute atomic E-state index is 15.1. The molecule has 1 amide bonds. The first kappa shape index (κ1) is 34.4. The summed E-state index contributed by atoms with van der Waals surface area (Å²) in [5.74, 6) is -0.588. The third-order valence-corrected chi connectivity index (χ3v) is 7.68. The molecule has 1 saturated heterocycles. The Morgan fingerprint density at radius 3 is 2.02 bits per heavy atom. The van der Waals surface area contributed by atoms with Crippen LogP contribution in [-0.2, 0) is 27.2 Å². The van der Waals surface area contributed by atoms with Gasteiger partial charge in [-0.15, -0.1) is 0 Å². The highest BCUT2D eigenvalue weighted by Gasteiger charge is 2.39. The number of aryl methyl sites for hydroxylation is 1. The summed E-state index contributed by atoms with van der Waals surface area (Å²) in [6.07, 6.45) is 5.73. The van der Waals surface area contributed by atoms with E-state index in [1.54, 1.807) is 29.4 Å². The number of nitrogens with two attached hydrogens (primary N) is 1. The highest BCUT2D eigenvalue weighted by Crippen LogP contribution is 2.29. The monoisotopic (exact) mass is 624 g/mol. The van der Waals surface area contributed by atoms with E-state index < -0.39 is 11.6 Å². The van der Waals surface area contributed by atoms with E-state index in [0.29, 0.717) is 36.5 Å². The highest BCUT2D eigenvalue weighted by atomic mass is 19.1. The number of benzene rings is 3. The van der Waals surface area contributed by atoms with Crippen molar-refractivity contribution in [3.05, 3.63) is 96.1 Å².